The third-order valence-electron chi connectivity index (χ3n) is 1.37. The van der Waals surface area contributed by atoms with Crippen LogP contribution in [0.3, 0.4) is 0 Å². The number of allylic oxidation sites excluding steroid dienone is 6. The lowest BCUT2D eigenvalue weighted by Gasteiger charge is -1.96. The van der Waals surface area contributed by atoms with Crippen LogP contribution in [0.4, 0.5) is 0 Å². The highest BCUT2D eigenvalue weighted by Crippen LogP contribution is 2.02. The van der Waals surface area contributed by atoms with Crippen molar-refractivity contribution >= 4 is 6.29 Å². The molecule has 1 heteroatoms. The van der Waals surface area contributed by atoms with Crippen LogP contribution >= 0.6 is 0 Å². The number of aldehydes is 1. The highest BCUT2D eigenvalue weighted by atomic mass is 16.1. The van der Waals surface area contributed by atoms with Crippen LogP contribution in [-0.4, -0.2) is 6.29 Å². The summed E-state index contributed by atoms with van der Waals surface area (Å²) in [4.78, 5) is 10.3. The first-order valence-electron chi connectivity index (χ1n) is 3.39. The van der Waals surface area contributed by atoms with Crippen molar-refractivity contribution in [2.24, 2.45) is 5.92 Å². The smallest absolute Gasteiger partial charge is 0.130 e. The van der Waals surface area contributed by atoms with E-state index in [2.05, 4.69) is 0 Å². The molecule has 52 valence electrons. The zero-order chi connectivity index (χ0) is 7.23. The Balaban J connectivity index is 2.67. The number of carbonyl (C=O) groups is 1. The Bertz CT molecular complexity index is 187. The highest BCUT2D eigenvalue weighted by Gasteiger charge is 1.94. The molecular weight excluding hydrogens is 124 g/mol. The molecule has 0 aliphatic heterocycles. The normalized spacial score (nSPS) is 33.4. The van der Waals surface area contributed by atoms with Gasteiger partial charge in [-0.05, 0) is 6.42 Å². The van der Waals surface area contributed by atoms with Gasteiger partial charge >= 0.3 is 0 Å². The fraction of sp³-hybridized carbons (Fsp3) is 0.222. The Morgan fingerprint density at radius 2 is 2.10 bits per heavy atom. The fourth-order valence-electron chi connectivity index (χ4n) is 0.819. The van der Waals surface area contributed by atoms with E-state index in [9.17, 15) is 4.79 Å². The lowest BCUT2D eigenvalue weighted by molar-refractivity contribution is -0.108. The van der Waals surface area contributed by atoms with Crippen molar-refractivity contribution in [1.29, 1.82) is 0 Å². The molecule has 0 heterocycles. The minimum absolute atomic E-state index is 0.0232. The molecule has 0 saturated carbocycles. The number of rotatable bonds is 1. The third-order valence-corrected chi connectivity index (χ3v) is 1.37. The summed E-state index contributed by atoms with van der Waals surface area (Å²) in [7, 11) is 0. The van der Waals surface area contributed by atoms with Crippen molar-refractivity contribution in [3.05, 3.63) is 36.5 Å². The average molecular weight is 134 g/mol. The first-order valence-corrected chi connectivity index (χ1v) is 3.39. The van der Waals surface area contributed by atoms with Crippen LogP contribution in [0.1, 0.15) is 6.42 Å². The Kier molecular flexibility index (Phi) is 2.68. The van der Waals surface area contributed by atoms with Crippen molar-refractivity contribution in [3.8, 4) is 0 Å². The van der Waals surface area contributed by atoms with E-state index in [4.69, 9.17) is 0 Å². The lowest BCUT2D eigenvalue weighted by Crippen LogP contribution is -1.92. The van der Waals surface area contributed by atoms with Crippen molar-refractivity contribution < 1.29 is 4.79 Å². The van der Waals surface area contributed by atoms with Gasteiger partial charge in [-0.3, -0.25) is 0 Å². The maximum atomic E-state index is 10.3. The van der Waals surface area contributed by atoms with Crippen molar-refractivity contribution in [3.63, 3.8) is 0 Å². The summed E-state index contributed by atoms with van der Waals surface area (Å²) >= 11 is 0. The van der Waals surface area contributed by atoms with Crippen molar-refractivity contribution in [2.45, 2.75) is 6.42 Å². The Hall–Kier alpha value is -1.11. The van der Waals surface area contributed by atoms with Gasteiger partial charge in [0.1, 0.15) is 6.29 Å². The first kappa shape index (κ1) is 7.00. The van der Waals surface area contributed by atoms with Crippen LogP contribution in [0.25, 0.3) is 0 Å². The largest absolute Gasteiger partial charge is 0.302 e. The molecule has 0 N–H and O–H groups in total. The minimum Gasteiger partial charge on any atom is -0.302 e. The molecule has 0 saturated heterocycles. The van der Waals surface area contributed by atoms with Gasteiger partial charge in [-0.15, -0.1) is 0 Å². The summed E-state index contributed by atoms with van der Waals surface area (Å²) in [6.45, 7) is 0. The molecule has 0 fully saturated rings. The van der Waals surface area contributed by atoms with E-state index >= 15 is 0 Å². The van der Waals surface area contributed by atoms with Gasteiger partial charge in [0, 0.05) is 0 Å². The summed E-state index contributed by atoms with van der Waals surface area (Å²) in [5.41, 5.74) is 0. The molecule has 0 aromatic rings. The van der Waals surface area contributed by atoms with Crippen molar-refractivity contribution in [1.82, 2.24) is 0 Å². The maximum Gasteiger partial charge on any atom is 0.130 e. The Labute approximate surface area is 60.7 Å². The second kappa shape index (κ2) is 3.83. The zero-order valence-corrected chi connectivity index (χ0v) is 5.73. The van der Waals surface area contributed by atoms with Gasteiger partial charge in [-0.2, -0.15) is 0 Å². The van der Waals surface area contributed by atoms with E-state index in [1.54, 1.807) is 0 Å². The first-order chi connectivity index (χ1) is 4.93. The van der Waals surface area contributed by atoms with E-state index in [1.165, 1.54) is 0 Å². The second-order valence-electron chi connectivity index (χ2n) is 2.19. The third kappa shape index (κ3) is 2.02. The van der Waals surface area contributed by atoms with Crippen LogP contribution < -0.4 is 0 Å². The molecule has 10 heavy (non-hydrogen) atoms. The van der Waals surface area contributed by atoms with Gasteiger partial charge in [0.15, 0.2) is 0 Å². The average Bonchev–Trinajstić information content (AvgIpc) is 1.87. The monoisotopic (exact) mass is 134 g/mol. The summed E-state index contributed by atoms with van der Waals surface area (Å²) in [5.74, 6) is -0.0232. The number of hydrogen-bond donors (Lipinski definition) is 0. The van der Waals surface area contributed by atoms with E-state index in [-0.39, 0.29) is 5.92 Å². The molecule has 1 aliphatic rings. The molecule has 0 aromatic heterocycles. The summed E-state index contributed by atoms with van der Waals surface area (Å²) in [6, 6.07) is 0. The van der Waals surface area contributed by atoms with Gasteiger partial charge in [0.2, 0.25) is 0 Å². The van der Waals surface area contributed by atoms with Crippen LogP contribution in [0.5, 0.6) is 0 Å². The minimum atomic E-state index is -0.0232. The standard InChI is InChI=1S/C9H10O/c10-8-9-6-4-2-1-3-5-7-9/h1-2,4-9H,3H2/b2-1+,6-4-,7-5-. The van der Waals surface area contributed by atoms with Crippen LogP contribution in [0.2, 0.25) is 0 Å². The summed E-state index contributed by atoms with van der Waals surface area (Å²) in [6.07, 6.45) is 13.6. The van der Waals surface area contributed by atoms with Crippen LogP contribution in [0, 0.1) is 5.92 Å². The predicted molar refractivity (Wildman–Crippen MR) is 41.6 cm³/mol. The van der Waals surface area contributed by atoms with Gasteiger partial charge in [-0.25, -0.2) is 0 Å². The summed E-state index contributed by atoms with van der Waals surface area (Å²) < 4.78 is 0. The second-order valence-corrected chi connectivity index (χ2v) is 2.19. The number of carbonyl (C=O) groups excluding carboxylic acids is 1. The topological polar surface area (TPSA) is 17.1 Å². The van der Waals surface area contributed by atoms with Gasteiger partial charge in [0.05, 0.1) is 5.92 Å². The maximum absolute atomic E-state index is 10.3. The van der Waals surface area contributed by atoms with E-state index in [0.717, 1.165) is 12.7 Å². The molecular formula is C9H10O. The SMILES string of the molecule is O=CC1/C=C\C=C\C/C=C\1. The Morgan fingerprint density at radius 1 is 1.20 bits per heavy atom. The highest BCUT2D eigenvalue weighted by molar-refractivity contribution is 5.59. The lowest BCUT2D eigenvalue weighted by atomic mass is 10.1. The van der Waals surface area contributed by atoms with Gasteiger partial charge < -0.3 is 4.79 Å². The fourth-order valence-corrected chi connectivity index (χ4v) is 0.819. The molecule has 0 amide bonds. The molecule has 0 spiro atoms. The number of hydrogen-bond acceptors (Lipinski definition) is 1. The molecule has 1 unspecified atom stereocenters. The van der Waals surface area contributed by atoms with Gasteiger partial charge in [0.25, 0.3) is 0 Å². The quantitative estimate of drug-likeness (QED) is 0.395. The van der Waals surface area contributed by atoms with Crippen LogP contribution in [-0.2, 0) is 4.79 Å². The van der Waals surface area contributed by atoms with E-state index in [1.807, 2.05) is 36.5 Å². The molecule has 1 aliphatic carbocycles. The summed E-state index contributed by atoms with van der Waals surface area (Å²) in [5, 5.41) is 0. The van der Waals surface area contributed by atoms with E-state index < -0.39 is 0 Å². The molecule has 1 atom stereocenters. The van der Waals surface area contributed by atoms with E-state index in [0.29, 0.717) is 0 Å². The van der Waals surface area contributed by atoms with Crippen LogP contribution in [0.15, 0.2) is 36.5 Å². The molecule has 0 radical (unpaired) electrons. The predicted octanol–water partition coefficient (Wildman–Crippen LogP) is 1.87. The Morgan fingerprint density at radius 3 is 2.90 bits per heavy atom. The molecule has 1 nitrogen and oxygen atoms in total. The molecule has 0 aromatic carbocycles. The molecule has 1 rings (SSSR count). The molecule has 0 bridgehead atoms. The van der Waals surface area contributed by atoms with Gasteiger partial charge in [-0.1, -0.05) is 36.5 Å². The van der Waals surface area contributed by atoms with Crippen molar-refractivity contribution in [2.75, 3.05) is 0 Å². The zero-order valence-electron chi connectivity index (χ0n) is 5.73.